The van der Waals surface area contributed by atoms with Crippen LogP contribution < -0.4 is 10.3 Å². The van der Waals surface area contributed by atoms with Crippen LogP contribution in [0.4, 0.5) is 0 Å². The largest absolute Gasteiger partial charge is 0.370 e. The topological polar surface area (TPSA) is 47.0 Å². The molecule has 0 unspecified atom stereocenters. The minimum Gasteiger partial charge on any atom is -0.370 e. The van der Waals surface area contributed by atoms with Gasteiger partial charge in [-0.1, -0.05) is 6.07 Å². The molecule has 64 valence electrons. The van der Waals surface area contributed by atoms with Crippen molar-refractivity contribution in [1.29, 1.82) is 0 Å². The van der Waals surface area contributed by atoms with Gasteiger partial charge in [-0.15, -0.1) is 0 Å². The number of primary amides is 1. The third-order valence-corrected chi connectivity index (χ3v) is 1.62. The van der Waals surface area contributed by atoms with Crippen molar-refractivity contribution in [3.8, 4) is 0 Å². The fourth-order valence-electron chi connectivity index (χ4n) is 1.02. The summed E-state index contributed by atoms with van der Waals surface area (Å²) < 4.78 is 2.03. The molecule has 0 atom stereocenters. The fraction of sp³-hybridized carbons (Fsp3) is 0.333. The Balaban J connectivity index is 2.29. The fourth-order valence-corrected chi connectivity index (χ4v) is 1.02. The Morgan fingerprint density at radius 2 is 1.92 bits per heavy atom. The summed E-state index contributed by atoms with van der Waals surface area (Å²) in [5.41, 5.74) is 5.01. The molecule has 3 heteroatoms. The van der Waals surface area contributed by atoms with E-state index in [1.807, 2.05) is 35.2 Å². The second-order valence-electron chi connectivity index (χ2n) is 2.68. The molecule has 2 N–H and O–H groups in total. The SMILES string of the molecule is NC(=O)CCC[n+]1ccccc1. The van der Waals surface area contributed by atoms with E-state index in [1.165, 1.54) is 0 Å². The normalized spacial score (nSPS) is 9.67. The third kappa shape index (κ3) is 3.14. The monoisotopic (exact) mass is 165 g/mol. The van der Waals surface area contributed by atoms with E-state index in [-0.39, 0.29) is 5.91 Å². The van der Waals surface area contributed by atoms with E-state index in [2.05, 4.69) is 0 Å². The van der Waals surface area contributed by atoms with Gasteiger partial charge < -0.3 is 5.73 Å². The maximum Gasteiger partial charge on any atom is 0.217 e. The Morgan fingerprint density at radius 1 is 1.25 bits per heavy atom. The Morgan fingerprint density at radius 3 is 2.50 bits per heavy atom. The molecule has 1 amide bonds. The molecule has 0 bridgehead atoms. The van der Waals surface area contributed by atoms with Crippen molar-refractivity contribution in [2.45, 2.75) is 19.4 Å². The van der Waals surface area contributed by atoms with Crippen molar-refractivity contribution in [3.05, 3.63) is 30.6 Å². The van der Waals surface area contributed by atoms with Crippen LogP contribution in [-0.4, -0.2) is 5.91 Å². The Hall–Kier alpha value is -1.38. The average molecular weight is 165 g/mol. The first kappa shape index (κ1) is 8.71. The summed E-state index contributed by atoms with van der Waals surface area (Å²) in [6.45, 7) is 0.851. The number of nitrogens with two attached hydrogens (primary N) is 1. The van der Waals surface area contributed by atoms with Gasteiger partial charge >= 0.3 is 0 Å². The number of aryl methyl sites for hydroxylation is 1. The summed E-state index contributed by atoms with van der Waals surface area (Å²) in [6.07, 6.45) is 5.22. The molecule has 1 rings (SSSR count). The first-order chi connectivity index (χ1) is 5.79. The molecule has 0 aliphatic rings. The maximum atomic E-state index is 10.4. The standard InChI is InChI=1S/C9H12N2O/c10-9(12)5-4-8-11-6-2-1-3-7-11/h1-3,6-7H,4-5,8H2,(H-,10,12)/p+1. The summed E-state index contributed by atoms with van der Waals surface area (Å²) >= 11 is 0. The number of rotatable bonds is 4. The highest BCUT2D eigenvalue weighted by Crippen LogP contribution is 1.87. The zero-order valence-electron chi connectivity index (χ0n) is 6.94. The second kappa shape index (κ2) is 4.49. The van der Waals surface area contributed by atoms with Crippen LogP contribution in [0.2, 0.25) is 0 Å². The third-order valence-electron chi connectivity index (χ3n) is 1.62. The molecule has 0 fully saturated rings. The summed E-state index contributed by atoms with van der Waals surface area (Å²) in [7, 11) is 0. The van der Waals surface area contributed by atoms with Crippen molar-refractivity contribution in [2.24, 2.45) is 5.73 Å². The van der Waals surface area contributed by atoms with Gasteiger partial charge in [0, 0.05) is 25.0 Å². The Kier molecular flexibility index (Phi) is 3.26. The van der Waals surface area contributed by atoms with Crippen molar-refractivity contribution in [2.75, 3.05) is 0 Å². The van der Waals surface area contributed by atoms with E-state index < -0.39 is 0 Å². The van der Waals surface area contributed by atoms with E-state index in [9.17, 15) is 4.79 Å². The van der Waals surface area contributed by atoms with Crippen molar-refractivity contribution in [1.82, 2.24) is 0 Å². The Labute approximate surface area is 71.8 Å². The number of hydrogen-bond donors (Lipinski definition) is 1. The van der Waals surface area contributed by atoms with Crippen molar-refractivity contribution < 1.29 is 9.36 Å². The average Bonchev–Trinajstić information content (AvgIpc) is 2.05. The highest BCUT2D eigenvalue weighted by atomic mass is 16.1. The van der Waals surface area contributed by atoms with E-state index in [1.54, 1.807) is 0 Å². The van der Waals surface area contributed by atoms with Gasteiger partial charge in [0.05, 0.1) is 0 Å². The van der Waals surface area contributed by atoms with Crippen molar-refractivity contribution in [3.63, 3.8) is 0 Å². The summed E-state index contributed by atoms with van der Waals surface area (Å²) in [5.74, 6) is -0.230. The van der Waals surface area contributed by atoms with Gasteiger partial charge in [-0.25, -0.2) is 4.57 Å². The van der Waals surface area contributed by atoms with Crippen LogP contribution in [0, 0.1) is 0 Å². The van der Waals surface area contributed by atoms with Gasteiger partial charge in [-0.3, -0.25) is 4.79 Å². The molecule has 3 nitrogen and oxygen atoms in total. The quantitative estimate of drug-likeness (QED) is 0.638. The minimum absolute atomic E-state index is 0.230. The van der Waals surface area contributed by atoms with Crippen LogP contribution >= 0.6 is 0 Å². The van der Waals surface area contributed by atoms with Crippen LogP contribution in [0.5, 0.6) is 0 Å². The van der Waals surface area contributed by atoms with E-state index in [0.717, 1.165) is 13.0 Å². The molecule has 1 heterocycles. The molecule has 0 spiro atoms. The molecule has 0 aliphatic carbocycles. The van der Waals surface area contributed by atoms with Crippen molar-refractivity contribution >= 4 is 5.91 Å². The lowest BCUT2D eigenvalue weighted by Gasteiger charge is -1.93. The zero-order valence-corrected chi connectivity index (χ0v) is 6.94. The molecule has 0 saturated heterocycles. The highest BCUT2D eigenvalue weighted by molar-refractivity contribution is 5.73. The molecule has 0 saturated carbocycles. The molecular weight excluding hydrogens is 152 g/mol. The number of hydrogen-bond acceptors (Lipinski definition) is 1. The van der Waals surface area contributed by atoms with Crippen LogP contribution in [0.25, 0.3) is 0 Å². The smallest absolute Gasteiger partial charge is 0.217 e. The minimum atomic E-state index is -0.230. The summed E-state index contributed by atoms with van der Waals surface area (Å²) in [5, 5.41) is 0. The Bertz CT molecular complexity index is 246. The first-order valence-corrected chi connectivity index (χ1v) is 4.01. The van der Waals surface area contributed by atoms with Gasteiger partial charge in [0.2, 0.25) is 5.91 Å². The van der Waals surface area contributed by atoms with Crippen LogP contribution in [0.1, 0.15) is 12.8 Å². The number of carbonyl (C=O) groups excluding carboxylic acids is 1. The maximum absolute atomic E-state index is 10.4. The van der Waals surface area contributed by atoms with Crippen LogP contribution in [0.15, 0.2) is 30.6 Å². The van der Waals surface area contributed by atoms with Gasteiger partial charge in [-0.2, -0.15) is 0 Å². The van der Waals surface area contributed by atoms with Gasteiger partial charge in [-0.05, 0) is 0 Å². The van der Waals surface area contributed by atoms with Crippen LogP contribution in [0.3, 0.4) is 0 Å². The first-order valence-electron chi connectivity index (χ1n) is 4.01. The van der Waals surface area contributed by atoms with Gasteiger partial charge in [0.1, 0.15) is 6.54 Å². The second-order valence-corrected chi connectivity index (χ2v) is 2.68. The number of pyridine rings is 1. The lowest BCUT2D eigenvalue weighted by molar-refractivity contribution is -0.697. The molecule has 0 radical (unpaired) electrons. The molecule has 12 heavy (non-hydrogen) atoms. The van der Waals surface area contributed by atoms with E-state index in [0.29, 0.717) is 6.42 Å². The number of amides is 1. The lowest BCUT2D eigenvalue weighted by atomic mass is 10.3. The number of carbonyl (C=O) groups is 1. The van der Waals surface area contributed by atoms with Crippen LogP contribution in [-0.2, 0) is 11.3 Å². The summed E-state index contributed by atoms with van der Waals surface area (Å²) in [4.78, 5) is 10.4. The lowest BCUT2D eigenvalue weighted by Crippen LogP contribution is -2.32. The predicted molar refractivity (Wildman–Crippen MR) is 45.1 cm³/mol. The predicted octanol–water partition coefficient (Wildman–Crippen LogP) is 0.240. The molecule has 1 aromatic heterocycles. The number of aromatic nitrogens is 1. The molecule has 1 aromatic rings. The van der Waals surface area contributed by atoms with E-state index >= 15 is 0 Å². The van der Waals surface area contributed by atoms with Gasteiger partial charge in [0.25, 0.3) is 0 Å². The molecule has 0 aliphatic heterocycles. The number of nitrogens with zero attached hydrogens (tertiary/aromatic N) is 1. The van der Waals surface area contributed by atoms with Gasteiger partial charge in [0.15, 0.2) is 12.4 Å². The summed E-state index contributed by atoms with van der Waals surface area (Å²) in [6, 6.07) is 5.89. The highest BCUT2D eigenvalue weighted by Gasteiger charge is 1.99. The van der Waals surface area contributed by atoms with E-state index in [4.69, 9.17) is 5.73 Å². The zero-order chi connectivity index (χ0) is 8.81. The molecule has 0 aromatic carbocycles. The molecular formula is C9H13N2O+.